The summed E-state index contributed by atoms with van der Waals surface area (Å²) in [5.74, 6) is -1.32. The van der Waals surface area contributed by atoms with E-state index in [0.29, 0.717) is 18.5 Å². The van der Waals surface area contributed by atoms with Gasteiger partial charge < -0.3 is 19.9 Å². The highest BCUT2D eigenvalue weighted by atomic mass is 32.2. The number of amides is 5. The monoisotopic (exact) mass is 577 g/mol. The maximum absolute atomic E-state index is 13.2. The molecular formula is C25H31N5O7S2. The minimum Gasteiger partial charge on any atom is -0.363 e. The number of nitrogens with zero attached hydrogens (tertiary/aromatic N) is 3. The van der Waals surface area contributed by atoms with Crippen molar-refractivity contribution in [3.63, 3.8) is 0 Å². The predicted molar refractivity (Wildman–Crippen MR) is 144 cm³/mol. The van der Waals surface area contributed by atoms with Crippen molar-refractivity contribution in [3.05, 3.63) is 45.8 Å². The summed E-state index contributed by atoms with van der Waals surface area (Å²) < 4.78 is 32.8. The maximum atomic E-state index is 13.2. The molecule has 5 amide bonds. The fourth-order valence-corrected chi connectivity index (χ4v) is 7.28. The molecular weight excluding hydrogens is 546 g/mol. The molecule has 4 rings (SSSR count). The Labute approximate surface area is 230 Å². The van der Waals surface area contributed by atoms with Gasteiger partial charge in [0.1, 0.15) is 11.7 Å². The molecule has 0 bridgehead atoms. The number of carbonyl (C=O) groups is 4. The third-order valence-corrected chi connectivity index (χ3v) is 9.81. The van der Waals surface area contributed by atoms with Crippen LogP contribution in [0.25, 0.3) is 0 Å². The van der Waals surface area contributed by atoms with Gasteiger partial charge in [0, 0.05) is 38.0 Å². The summed E-state index contributed by atoms with van der Waals surface area (Å²) in [6, 6.07) is 4.89. The third-order valence-electron chi connectivity index (χ3n) is 6.63. The van der Waals surface area contributed by atoms with E-state index < -0.39 is 33.4 Å². The van der Waals surface area contributed by atoms with E-state index in [1.165, 1.54) is 65.8 Å². The second-order valence-corrected chi connectivity index (χ2v) is 13.1. The van der Waals surface area contributed by atoms with Crippen LogP contribution in [0.3, 0.4) is 0 Å². The molecule has 0 spiro atoms. The number of hydrogen-bond donors (Lipinski definition) is 2. The van der Waals surface area contributed by atoms with Gasteiger partial charge in [-0.3, -0.25) is 19.7 Å². The molecule has 1 saturated heterocycles. The molecule has 2 aromatic rings. The zero-order valence-corrected chi connectivity index (χ0v) is 24.0. The van der Waals surface area contributed by atoms with Crippen molar-refractivity contribution in [2.24, 2.45) is 0 Å². The molecule has 1 fully saturated rings. The zero-order chi connectivity index (χ0) is 28.7. The van der Waals surface area contributed by atoms with Gasteiger partial charge in [-0.15, -0.1) is 11.3 Å². The molecule has 2 aliphatic rings. The first-order valence-corrected chi connectivity index (χ1v) is 14.4. The molecule has 2 N–H and O–H groups in total. The van der Waals surface area contributed by atoms with Crippen molar-refractivity contribution in [1.29, 1.82) is 0 Å². The summed E-state index contributed by atoms with van der Waals surface area (Å²) >= 11 is 1.17. The fraction of sp³-hybridized carbons (Fsp3) is 0.440. The van der Waals surface area contributed by atoms with Crippen molar-refractivity contribution in [2.45, 2.75) is 44.2 Å². The van der Waals surface area contributed by atoms with Gasteiger partial charge in [-0.2, -0.15) is 4.31 Å². The van der Waals surface area contributed by atoms with Crippen LogP contribution in [0, 0.1) is 0 Å². The van der Waals surface area contributed by atoms with Crippen LogP contribution in [-0.2, 0) is 32.5 Å². The van der Waals surface area contributed by atoms with Crippen LogP contribution in [-0.4, -0.2) is 85.8 Å². The Balaban J connectivity index is 1.60. The summed E-state index contributed by atoms with van der Waals surface area (Å²) in [5, 5.41) is 5.31. The number of sulfonamides is 1. The maximum Gasteiger partial charge on any atom is 0.323 e. The number of carbonyl (C=O) groups excluding carboxylic acids is 4. The summed E-state index contributed by atoms with van der Waals surface area (Å²) in [4.78, 5) is 54.0. The van der Waals surface area contributed by atoms with Crippen molar-refractivity contribution in [1.82, 2.24) is 19.4 Å². The number of hydrogen-bond acceptors (Lipinski definition) is 8. The quantitative estimate of drug-likeness (QED) is 0.553. The van der Waals surface area contributed by atoms with Crippen molar-refractivity contribution in [3.8, 4) is 0 Å². The number of fused-ring (bicyclic) bond motifs is 1. The highest BCUT2D eigenvalue weighted by molar-refractivity contribution is 7.89. The smallest absolute Gasteiger partial charge is 0.323 e. The van der Waals surface area contributed by atoms with E-state index in [9.17, 15) is 27.6 Å². The number of benzene rings is 1. The summed E-state index contributed by atoms with van der Waals surface area (Å²) in [6.45, 7) is 5.93. The first kappa shape index (κ1) is 28.7. The minimum atomic E-state index is -3.84. The lowest BCUT2D eigenvalue weighted by molar-refractivity contribution is -0.129. The van der Waals surface area contributed by atoms with Gasteiger partial charge in [0.05, 0.1) is 29.1 Å². The Morgan fingerprint density at radius 3 is 2.31 bits per heavy atom. The molecule has 0 saturated carbocycles. The van der Waals surface area contributed by atoms with Gasteiger partial charge in [-0.1, -0.05) is 0 Å². The number of ether oxygens (including phenoxy) is 1. The first-order valence-electron chi connectivity index (χ1n) is 12.2. The lowest BCUT2D eigenvalue weighted by Crippen LogP contribution is -2.44. The number of anilines is 1. The number of urea groups is 1. The van der Waals surface area contributed by atoms with Gasteiger partial charge in [0.2, 0.25) is 15.9 Å². The summed E-state index contributed by atoms with van der Waals surface area (Å²) in [6.07, 6.45) is 0.392. The molecule has 1 aromatic heterocycles. The Kier molecular flexibility index (Phi) is 7.85. The fourth-order valence-electron chi connectivity index (χ4n) is 4.37. The highest BCUT2D eigenvalue weighted by Gasteiger charge is 2.42. The first-order chi connectivity index (χ1) is 18.2. The van der Waals surface area contributed by atoms with E-state index in [0.717, 1.165) is 4.88 Å². The van der Waals surface area contributed by atoms with E-state index in [2.05, 4.69) is 10.6 Å². The molecule has 12 nitrogen and oxygen atoms in total. The van der Waals surface area contributed by atoms with Gasteiger partial charge in [-0.25, -0.2) is 13.2 Å². The average Bonchev–Trinajstić information content (AvgIpc) is 3.42. The van der Waals surface area contributed by atoms with Gasteiger partial charge in [0.15, 0.2) is 0 Å². The van der Waals surface area contributed by atoms with E-state index in [-0.39, 0.29) is 46.8 Å². The normalized spacial score (nSPS) is 16.9. The SMILES string of the molecule is CC(=O)N1CCc2c(sc(NC(=O)c3ccc(S(=O)(=O)N4COCC4(C)C)cc3)c2C(=O)NC(=O)N(C)C)C1. The lowest BCUT2D eigenvalue weighted by Gasteiger charge is -2.28. The minimum absolute atomic E-state index is 0.0239. The van der Waals surface area contributed by atoms with Crippen LogP contribution in [0.15, 0.2) is 29.2 Å². The number of nitrogens with one attached hydrogen (secondary N) is 2. The molecule has 210 valence electrons. The molecule has 14 heteroatoms. The Morgan fingerprint density at radius 1 is 1.08 bits per heavy atom. The zero-order valence-electron chi connectivity index (χ0n) is 22.4. The third kappa shape index (κ3) is 5.69. The Hall–Kier alpha value is -3.33. The van der Waals surface area contributed by atoms with Crippen LogP contribution in [0.5, 0.6) is 0 Å². The second kappa shape index (κ2) is 10.7. The highest BCUT2D eigenvalue weighted by Crippen LogP contribution is 2.37. The molecule has 39 heavy (non-hydrogen) atoms. The van der Waals surface area contributed by atoms with E-state index in [1.807, 2.05) is 0 Å². The number of imide groups is 1. The lowest BCUT2D eigenvalue weighted by atomic mass is 10.0. The van der Waals surface area contributed by atoms with Crippen LogP contribution in [0.1, 0.15) is 51.9 Å². The standard InChI is InChI=1S/C25H31N5O7S2/c1-15(31)29-11-10-18-19(12-29)38-23(20(18)22(33)27-24(34)28(4)5)26-21(32)16-6-8-17(9-7-16)39(35,36)30-14-37-13-25(30,2)3/h6-9H,10-14H2,1-5H3,(H,26,32)(H,27,33,34). The van der Waals surface area contributed by atoms with Crippen LogP contribution in [0.2, 0.25) is 0 Å². The van der Waals surface area contributed by atoms with E-state index in [4.69, 9.17) is 4.74 Å². The van der Waals surface area contributed by atoms with Crippen LogP contribution in [0.4, 0.5) is 9.80 Å². The average molecular weight is 578 g/mol. The van der Waals surface area contributed by atoms with Gasteiger partial charge >= 0.3 is 6.03 Å². The molecule has 0 atom stereocenters. The second-order valence-electron chi connectivity index (χ2n) is 10.2. The molecule has 3 heterocycles. The Morgan fingerprint density at radius 2 is 1.74 bits per heavy atom. The molecule has 0 aliphatic carbocycles. The summed E-state index contributed by atoms with van der Waals surface area (Å²) in [5.41, 5.74) is 0.333. The van der Waals surface area contributed by atoms with E-state index in [1.54, 1.807) is 18.7 Å². The van der Waals surface area contributed by atoms with Crippen molar-refractivity contribution >= 4 is 50.1 Å². The van der Waals surface area contributed by atoms with E-state index >= 15 is 0 Å². The molecule has 0 unspecified atom stereocenters. The van der Waals surface area contributed by atoms with Gasteiger partial charge in [-0.05, 0) is 50.1 Å². The number of thiophene rings is 1. The predicted octanol–water partition coefficient (Wildman–Crippen LogP) is 2.07. The Bertz CT molecular complexity index is 1430. The largest absolute Gasteiger partial charge is 0.363 e. The number of rotatable bonds is 5. The van der Waals surface area contributed by atoms with Gasteiger partial charge in [0.25, 0.3) is 11.8 Å². The molecule has 2 aliphatic heterocycles. The molecule has 0 radical (unpaired) electrons. The molecule has 1 aromatic carbocycles. The topological polar surface area (TPSA) is 145 Å². The van der Waals surface area contributed by atoms with Crippen LogP contribution < -0.4 is 10.6 Å². The van der Waals surface area contributed by atoms with Crippen LogP contribution >= 0.6 is 11.3 Å². The summed E-state index contributed by atoms with van der Waals surface area (Å²) in [7, 11) is -0.840. The van der Waals surface area contributed by atoms with Crippen molar-refractivity contribution < 1.29 is 32.3 Å². The van der Waals surface area contributed by atoms with Crippen molar-refractivity contribution in [2.75, 3.05) is 39.3 Å².